The summed E-state index contributed by atoms with van der Waals surface area (Å²) in [5.74, 6) is -0.155. The minimum Gasteiger partial charge on any atom is -0.508 e. The molecule has 4 aromatic rings. The van der Waals surface area contributed by atoms with Gasteiger partial charge in [-0.2, -0.15) is 0 Å². The molecule has 0 saturated carbocycles. The van der Waals surface area contributed by atoms with Gasteiger partial charge in [0, 0.05) is 23.5 Å². The average Bonchev–Trinajstić information content (AvgIpc) is 3.22. The van der Waals surface area contributed by atoms with Gasteiger partial charge in [-0.05, 0) is 25.1 Å². The number of thiazole rings is 1. The first-order chi connectivity index (χ1) is 15.5. The van der Waals surface area contributed by atoms with Gasteiger partial charge in [0.1, 0.15) is 15.6 Å². The maximum atomic E-state index is 13.2. The maximum absolute atomic E-state index is 13.2. The number of benzene rings is 2. The molecule has 1 atom stereocenters. The van der Waals surface area contributed by atoms with Crippen molar-refractivity contribution in [3.8, 4) is 16.3 Å². The van der Waals surface area contributed by atoms with Gasteiger partial charge in [0.2, 0.25) is 0 Å². The first-order valence-corrected chi connectivity index (χ1v) is 11.0. The van der Waals surface area contributed by atoms with E-state index in [1.165, 1.54) is 11.3 Å². The van der Waals surface area contributed by atoms with Crippen molar-refractivity contribution in [3.63, 3.8) is 0 Å². The van der Waals surface area contributed by atoms with E-state index >= 15 is 0 Å². The number of amides is 1. The number of carbonyl (C=O) groups excluding carboxylic acids is 1. The molecule has 0 aliphatic carbocycles. The lowest BCUT2D eigenvalue weighted by Gasteiger charge is -2.19. The smallest absolute Gasteiger partial charge is 0.263 e. The molecule has 0 radical (unpaired) electrons. The van der Waals surface area contributed by atoms with Crippen molar-refractivity contribution in [3.05, 3.63) is 101 Å². The topological polar surface area (TPSA) is 101 Å². The predicted octanol–water partition coefficient (Wildman–Crippen LogP) is 3.33. The van der Waals surface area contributed by atoms with E-state index in [2.05, 4.69) is 15.3 Å². The molecule has 7 heteroatoms. The number of rotatable bonds is 7. The minimum atomic E-state index is -0.523. The lowest BCUT2D eigenvalue weighted by molar-refractivity contribution is -0.115. The lowest BCUT2D eigenvalue weighted by atomic mass is 9.97. The van der Waals surface area contributed by atoms with Crippen LogP contribution in [-0.2, 0) is 0 Å². The number of para-hydroxylation sites is 1. The molecule has 0 spiro atoms. The van der Waals surface area contributed by atoms with Crippen LogP contribution in [0.4, 0.5) is 0 Å². The first kappa shape index (κ1) is 21.4. The van der Waals surface area contributed by atoms with Crippen LogP contribution in [0.2, 0.25) is 0 Å². The van der Waals surface area contributed by atoms with E-state index < -0.39 is 6.04 Å². The van der Waals surface area contributed by atoms with Crippen LogP contribution in [0.25, 0.3) is 10.6 Å². The zero-order valence-electron chi connectivity index (χ0n) is 17.5. The van der Waals surface area contributed by atoms with Crippen molar-refractivity contribution in [1.29, 1.82) is 0 Å². The summed E-state index contributed by atoms with van der Waals surface area (Å²) in [6, 6.07) is 19.9. The van der Waals surface area contributed by atoms with Gasteiger partial charge >= 0.3 is 0 Å². The van der Waals surface area contributed by atoms with Crippen molar-refractivity contribution in [2.45, 2.75) is 19.4 Å². The molecular formula is C25H23N4O2S+. The Kier molecular flexibility index (Phi) is 6.37. The van der Waals surface area contributed by atoms with Crippen molar-refractivity contribution >= 4 is 23.0 Å². The predicted molar refractivity (Wildman–Crippen MR) is 125 cm³/mol. The van der Waals surface area contributed by atoms with Gasteiger partial charge in [-0.3, -0.25) is 15.2 Å². The zero-order chi connectivity index (χ0) is 22.5. The van der Waals surface area contributed by atoms with E-state index in [9.17, 15) is 9.90 Å². The van der Waals surface area contributed by atoms with Gasteiger partial charge in [0.15, 0.2) is 5.71 Å². The summed E-state index contributed by atoms with van der Waals surface area (Å²) in [7, 11) is 0. The number of hydrogen-bond donors (Lipinski definition) is 3. The standard InChI is InChI=1S/C25H22N4O2S/c1-16-23(32-25(28-16)17-8-3-2-4-9-17)24(31)29-21(19-11-5-6-12-22(19)30)14-20(26)18-10-7-13-27-15-18/h2-13,15,21,26,30H,14H2,1H3,(H,29,31)/p+1. The van der Waals surface area contributed by atoms with E-state index in [0.717, 1.165) is 16.1 Å². The van der Waals surface area contributed by atoms with Gasteiger partial charge in [0.25, 0.3) is 5.91 Å². The molecule has 2 heterocycles. The van der Waals surface area contributed by atoms with Crippen molar-refractivity contribution < 1.29 is 15.3 Å². The van der Waals surface area contributed by atoms with Crippen LogP contribution in [-0.4, -0.2) is 26.7 Å². The summed E-state index contributed by atoms with van der Waals surface area (Å²) in [5.41, 5.74) is 3.57. The number of phenolic OH excluding ortho intramolecular Hbond substituents is 1. The van der Waals surface area contributed by atoms with E-state index in [-0.39, 0.29) is 11.7 Å². The van der Waals surface area contributed by atoms with Crippen LogP contribution in [0.5, 0.6) is 5.75 Å². The second-order valence-electron chi connectivity index (χ2n) is 7.36. The molecule has 32 heavy (non-hydrogen) atoms. The summed E-state index contributed by atoms with van der Waals surface area (Å²) in [6.07, 6.45) is 3.67. The number of pyridine rings is 1. The normalized spacial score (nSPS) is 11.7. The van der Waals surface area contributed by atoms with Crippen molar-refractivity contribution in [2.24, 2.45) is 0 Å². The summed E-state index contributed by atoms with van der Waals surface area (Å²) in [4.78, 5) is 22.5. The summed E-state index contributed by atoms with van der Waals surface area (Å²) >= 11 is 1.34. The molecule has 160 valence electrons. The second-order valence-corrected chi connectivity index (χ2v) is 8.35. The number of carbonyl (C=O) groups is 1. The lowest BCUT2D eigenvalue weighted by Crippen LogP contribution is -2.43. The number of aryl methyl sites for hydroxylation is 1. The molecule has 4 N–H and O–H groups in total. The van der Waals surface area contributed by atoms with Gasteiger partial charge in [0.05, 0.1) is 23.7 Å². The van der Waals surface area contributed by atoms with E-state index in [0.29, 0.717) is 28.3 Å². The Morgan fingerprint density at radius 2 is 1.84 bits per heavy atom. The van der Waals surface area contributed by atoms with Crippen LogP contribution in [0, 0.1) is 6.92 Å². The zero-order valence-corrected chi connectivity index (χ0v) is 18.3. The highest BCUT2D eigenvalue weighted by Gasteiger charge is 2.25. The summed E-state index contributed by atoms with van der Waals surface area (Å²) in [6.45, 7) is 1.82. The number of nitrogens with one attached hydrogen (secondary N) is 1. The highest BCUT2D eigenvalue weighted by atomic mass is 32.1. The molecule has 1 unspecified atom stereocenters. The number of aromatic nitrogens is 2. The molecule has 6 nitrogen and oxygen atoms in total. The Morgan fingerprint density at radius 1 is 1.09 bits per heavy atom. The first-order valence-electron chi connectivity index (χ1n) is 10.2. The number of nitrogens with zero attached hydrogens (tertiary/aromatic N) is 2. The van der Waals surface area contributed by atoms with Crippen molar-refractivity contribution in [2.75, 3.05) is 0 Å². The third kappa shape index (κ3) is 4.73. The van der Waals surface area contributed by atoms with Crippen LogP contribution < -0.4 is 10.7 Å². The Morgan fingerprint density at radius 3 is 2.56 bits per heavy atom. The molecule has 1 amide bonds. The number of phenols is 1. The fraction of sp³-hybridized carbons (Fsp3) is 0.120. The number of nitrogens with two attached hydrogens (primary N) is 1. The van der Waals surface area contributed by atoms with Gasteiger partial charge in [-0.1, -0.05) is 48.5 Å². The third-order valence-electron chi connectivity index (χ3n) is 5.10. The molecule has 0 fully saturated rings. The van der Waals surface area contributed by atoms with Crippen molar-refractivity contribution in [1.82, 2.24) is 15.3 Å². The minimum absolute atomic E-state index is 0.0998. The van der Waals surface area contributed by atoms with E-state index in [1.54, 1.807) is 30.6 Å². The Labute approximate surface area is 190 Å². The second kappa shape index (κ2) is 9.53. The van der Waals surface area contributed by atoms with E-state index in [1.807, 2.05) is 55.5 Å². The average molecular weight is 444 g/mol. The SMILES string of the molecule is Cc1nc(-c2ccccc2)sc1C(=O)NC(CC(=[NH2+])c1cccnc1)c1ccccc1O. The molecule has 4 rings (SSSR count). The summed E-state index contributed by atoms with van der Waals surface area (Å²) in [5, 5.41) is 20.6. The molecular weight excluding hydrogens is 420 g/mol. The van der Waals surface area contributed by atoms with Crippen LogP contribution in [0.1, 0.15) is 39.0 Å². The van der Waals surface area contributed by atoms with Crippen LogP contribution in [0.15, 0.2) is 79.1 Å². The molecule has 2 aromatic carbocycles. The number of hydrogen-bond acceptors (Lipinski definition) is 5. The summed E-state index contributed by atoms with van der Waals surface area (Å²) < 4.78 is 0. The van der Waals surface area contributed by atoms with Gasteiger partial charge in [-0.25, -0.2) is 4.98 Å². The van der Waals surface area contributed by atoms with Gasteiger partial charge in [-0.15, -0.1) is 11.3 Å². The molecule has 0 saturated heterocycles. The largest absolute Gasteiger partial charge is 0.508 e. The fourth-order valence-electron chi connectivity index (χ4n) is 3.45. The monoisotopic (exact) mass is 443 g/mol. The molecule has 2 aromatic heterocycles. The molecule has 0 aliphatic rings. The highest BCUT2D eigenvalue weighted by molar-refractivity contribution is 7.17. The highest BCUT2D eigenvalue weighted by Crippen LogP contribution is 2.30. The fourth-order valence-corrected chi connectivity index (χ4v) is 4.42. The Hall–Kier alpha value is -3.84. The molecule has 0 aliphatic heterocycles. The van der Waals surface area contributed by atoms with Crippen LogP contribution >= 0.6 is 11.3 Å². The molecule has 0 bridgehead atoms. The maximum Gasteiger partial charge on any atom is 0.263 e. The number of aromatic hydroxyl groups is 1. The van der Waals surface area contributed by atoms with Crippen LogP contribution in [0.3, 0.4) is 0 Å². The Bertz CT molecular complexity index is 1240. The quantitative estimate of drug-likeness (QED) is 0.382. The van der Waals surface area contributed by atoms with E-state index in [4.69, 9.17) is 5.41 Å². The third-order valence-corrected chi connectivity index (χ3v) is 6.30. The Balaban J connectivity index is 1.61. The van der Waals surface area contributed by atoms with Gasteiger partial charge < -0.3 is 10.4 Å².